The summed E-state index contributed by atoms with van der Waals surface area (Å²) < 4.78 is 41.1. The van der Waals surface area contributed by atoms with Crippen LogP contribution in [0.4, 0.5) is 13.2 Å². The summed E-state index contributed by atoms with van der Waals surface area (Å²) >= 11 is 5.70. The van der Waals surface area contributed by atoms with E-state index in [0.29, 0.717) is 11.3 Å². The quantitative estimate of drug-likeness (QED) is 0.612. The first-order valence-electron chi connectivity index (χ1n) is 3.70. The van der Waals surface area contributed by atoms with Crippen LogP contribution in [-0.2, 0) is 10.9 Å². The highest BCUT2D eigenvalue weighted by molar-refractivity contribution is 7.17. The van der Waals surface area contributed by atoms with Gasteiger partial charge in [-0.2, -0.15) is 13.2 Å². The maximum atomic E-state index is 12.4. The van der Waals surface area contributed by atoms with E-state index in [-0.39, 0.29) is 4.47 Å². The molecule has 0 aliphatic rings. The molecule has 1 aromatic rings. The maximum Gasteiger partial charge on any atom is 0.435 e. The van der Waals surface area contributed by atoms with Crippen molar-refractivity contribution in [3.05, 3.63) is 15.0 Å². The van der Waals surface area contributed by atoms with Gasteiger partial charge in [0.05, 0.1) is 0 Å². The number of terminal acetylenes is 1. The van der Waals surface area contributed by atoms with Crippen LogP contribution in [0.2, 0.25) is 4.47 Å². The lowest BCUT2D eigenvalue weighted by Crippen LogP contribution is -2.13. The number of carbonyl (C=O) groups excluding carboxylic acids is 1. The summed E-state index contributed by atoms with van der Waals surface area (Å²) in [6, 6.07) is 0. The highest BCUT2D eigenvalue weighted by Gasteiger charge is 2.40. The lowest BCUT2D eigenvalue weighted by Gasteiger charge is -2.04. The zero-order valence-electron chi connectivity index (χ0n) is 7.47. The minimum Gasteiger partial charge on any atom is -0.448 e. The highest BCUT2D eigenvalue weighted by atomic mass is 35.5. The van der Waals surface area contributed by atoms with E-state index in [9.17, 15) is 18.0 Å². The number of hydrogen-bond acceptors (Lipinski definition) is 4. The summed E-state index contributed by atoms with van der Waals surface area (Å²) in [7, 11) is 0. The van der Waals surface area contributed by atoms with Crippen LogP contribution in [0.25, 0.3) is 0 Å². The molecule has 0 atom stereocenters. The minimum absolute atomic E-state index is 0.389. The SMILES string of the molecule is C#CCOC(=O)c1sc(Cl)nc1C(F)(F)F. The van der Waals surface area contributed by atoms with Crippen molar-refractivity contribution in [2.45, 2.75) is 6.18 Å². The van der Waals surface area contributed by atoms with Crippen LogP contribution in [0.5, 0.6) is 0 Å². The number of thiazole rings is 1. The Morgan fingerprint density at radius 3 is 2.75 bits per heavy atom. The molecular formula is C8H3ClF3NO2S. The van der Waals surface area contributed by atoms with Crippen LogP contribution in [0.3, 0.4) is 0 Å². The number of ether oxygens (including phenoxy) is 1. The predicted octanol–water partition coefficient (Wildman–Crippen LogP) is 2.61. The Balaban J connectivity index is 3.05. The summed E-state index contributed by atoms with van der Waals surface area (Å²) in [6.07, 6.45) is 0.0404. The molecule has 0 spiro atoms. The number of hydrogen-bond donors (Lipinski definition) is 0. The van der Waals surface area contributed by atoms with Crippen molar-refractivity contribution in [1.29, 1.82) is 0 Å². The molecule has 8 heteroatoms. The van der Waals surface area contributed by atoms with Gasteiger partial charge in [-0.25, -0.2) is 9.78 Å². The minimum atomic E-state index is -4.76. The van der Waals surface area contributed by atoms with Crippen LogP contribution < -0.4 is 0 Å². The number of aromatic nitrogens is 1. The maximum absolute atomic E-state index is 12.4. The number of rotatable bonds is 2. The molecule has 0 aliphatic carbocycles. The third-order valence-corrected chi connectivity index (χ3v) is 2.48. The van der Waals surface area contributed by atoms with E-state index in [1.807, 2.05) is 5.92 Å². The summed E-state index contributed by atoms with van der Waals surface area (Å²) in [6.45, 7) is -0.411. The Morgan fingerprint density at radius 1 is 1.62 bits per heavy atom. The Kier molecular flexibility index (Phi) is 3.78. The van der Waals surface area contributed by atoms with E-state index in [0.717, 1.165) is 0 Å². The summed E-state index contributed by atoms with van der Waals surface area (Å²) in [5.74, 6) is 0.775. The van der Waals surface area contributed by atoms with Crippen molar-refractivity contribution in [2.24, 2.45) is 0 Å². The van der Waals surface area contributed by atoms with Gasteiger partial charge in [-0.1, -0.05) is 28.9 Å². The first-order valence-corrected chi connectivity index (χ1v) is 4.90. The lowest BCUT2D eigenvalue weighted by molar-refractivity contribution is -0.141. The van der Waals surface area contributed by atoms with E-state index in [2.05, 4.69) is 9.72 Å². The molecule has 0 N–H and O–H groups in total. The highest BCUT2D eigenvalue weighted by Crippen LogP contribution is 2.36. The Morgan fingerprint density at radius 2 is 2.25 bits per heavy atom. The van der Waals surface area contributed by atoms with Crippen LogP contribution in [0.1, 0.15) is 15.4 Å². The molecule has 0 saturated heterocycles. The molecule has 1 rings (SSSR count). The molecule has 1 heterocycles. The standard InChI is InChI=1S/C8H3ClF3NO2S/c1-2-3-15-6(14)4-5(8(10,11)12)13-7(9)16-4/h1H,3H2. The average molecular weight is 270 g/mol. The molecule has 0 aromatic carbocycles. The largest absolute Gasteiger partial charge is 0.448 e. The fourth-order valence-corrected chi connectivity index (χ4v) is 1.82. The van der Waals surface area contributed by atoms with Gasteiger partial charge < -0.3 is 4.74 Å². The zero-order chi connectivity index (χ0) is 12.3. The van der Waals surface area contributed by atoms with Gasteiger partial charge in [-0.3, -0.25) is 0 Å². The summed E-state index contributed by atoms with van der Waals surface area (Å²) in [4.78, 5) is 13.5. The summed E-state index contributed by atoms with van der Waals surface area (Å²) in [5, 5.41) is 0. The van der Waals surface area contributed by atoms with Crippen LogP contribution in [0.15, 0.2) is 0 Å². The number of nitrogens with zero attached hydrogens (tertiary/aromatic N) is 1. The van der Waals surface area contributed by atoms with Crippen molar-refractivity contribution >= 4 is 28.9 Å². The van der Waals surface area contributed by atoms with Crippen LogP contribution >= 0.6 is 22.9 Å². The second kappa shape index (κ2) is 4.72. The normalized spacial score (nSPS) is 10.9. The first kappa shape index (κ1) is 12.8. The number of carbonyl (C=O) groups is 1. The summed E-state index contributed by atoms with van der Waals surface area (Å²) in [5.41, 5.74) is -1.36. The van der Waals surface area contributed by atoms with E-state index >= 15 is 0 Å². The van der Waals surface area contributed by atoms with Gasteiger partial charge in [0.1, 0.15) is 4.88 Å². The van der Waals surface area contributed by atoms with Gasteiger partial charge >= 0.3 is 12.1 Å². The first-order chi connectivity index (χ1) is 7.36. The molecule has 86 valence electrons. The van der Waals surface area contributed by atoms with Crippen molar-refractivity contribution in [2.75, 3.05) is 6.61 Å². The second-order valence-electron chi connectivity index (χ2n) is 2.42. The molecule has 0 saturated carbocycles. The second-order valence-corrected chi connectivity index (χ2v) is 4.00. The zero-order valence-corrected chi connectivity index (χ0v) is 9.04. The third-order valence-electron chi connectivity index (χ3n) is 1.34. The van der Waals surface area contributed by atoms with Crippen molar-refractivity contribution in [3.8, 4) is 12.3 Å². The van der Waals surface area contributed by atoms with Crippen molar-refractivity contribution in [1.82, 2.24) is 4.98 Å². The molecule has 0 amide bonds. The molecule has 0 radical (unpaired) electrons. The molecule has 16 heavy (non-hydrogen) atoms. The molecule has 0 aliphatic heterocycles. The molecule has 0 unspecified atom stereocenters. The van der Waals surface area contributed by atoms with Crippen LogP contribution in [0, 0.1) is 12.3 Å². The molecular weight excluding hydrogens is 267 g/mol. The lowest BCUT2D eigenvalue weighted by atomic mass is 10.3. The molecule has 3 nitrogen and oxygen atoms in total. The average Bonchev–Trinajstić information content (AvgIpc) is 2.56. The van der Waals surface area contributed by atoms with Gasteiger partial charge in [0, 0.05) is 0 Å². The Bertz CT molecular complexity index is 449. The fraction of sp³-hybridized carbons (Fsp3) is 0.250. The Labute approximate surface area is 97.2 Å². The van der Waals surface area contributed by atoms with Crippen LogP contribution in [-0.4, -0.2) is 17.6 Å². The number of alkyl halides is 3. The van der Waals surface area contributed by atoms with E-state index < -0.39 is 29.3 Å². The molecule has 1 aromatic heterocycles. The predicted molar refractivity (Wildman–Crippen MR) is 51.2 cm³/mol. The molecule has 0 bridgehead atoms. The van der Waals surface area contributed by atoms with E-state index in [1.54, 1.807) is 0 Å². The van der Waals surface area contributed by atoms with Gasteiger partial charge in [-0.05, 0) is 0 Å². The van der Waals surface area contributed by atoms with Gasteiger partial charge in [0.2, 0.25) is 0 Å². The van der Waals surface area contributed by atoms with Crippen molar-refractivity contribution in [3.63, 3.8) is 0 Å². The van der Waals surface area contributed by atoms with E-state index in [4.69, 9.17) is 18.0 Å². The number of halogens is 4. The third kappa shape index (κ3) is 2.87. The molecule has 0 fully saturated rings. The van der Waals surface area contributed by atoms with Gasteiger partial charge in [-0.15, -0.1) is 6.42 Å². The monoisotopic (exact) mass is 269 g/mol. The number of esters is 1. The van der Waals surface area contributed by atoms with Crippen molar-refractivity contribution < 1.29 is 22.7 Å². The smallest absolute Gasteiger partial charge is 0.435 e. The van der Waals surface area contributed by atoms with Gasteiger partial charge in [0.25, 0.3) is 0 Å². The van der Waals surface area contributed by atoms with Gasteiger partial charge in [0.15, 0.2) is 16.8 Å². The fourth-order valence-electron chi connectivity index (χ4n) is 0.797. The van der Waals surface area contributed by atoms with E-state index in [1.165, 1.54) is 0 Å². The Hall–Kier alpha value is -1.26. The topological polar surface area (TPSA) is 39.2 Å².